The molecule has 70 valence electrons. The van der Waals surface area contributed by atoms with Crippen molar-refractivity contribution in [1.82, 2.24) is 4.98 Å². The van der Waals surface area contributed by atoms with Crippen LogP contribution in [0.2, 0.25) is 0 Å². The van der Waals surface area contributed by atoms with Crippen LogP contribution in [0.5, 0.6) is 0 Å². The first-order valence-electron chi connectivity index (χ1n) is 4.82. The molecule has 0 amide bonds. The summed E-state index contributed by atoms with van der Waals surface area (Å²) in [6, 6.07) is 2.11. The van der Waals surface area contributed by atoms with Gasteiger partial charge in [0.15, 0.2) is 0 Å². The number of allylic oxidation sites excluding steroid dienone is 1. The number of aromatic nitrogens is 1. The van der Waals surface area contributed by atoms with Crippen LogP contribution in [0, 0.1) is 0 Å². The third kappa shape index (κ3) is 3.02. The van der Waals surface area contributed by atoms with E-state index in [0.717, 1.165) is 6.42 Å². The van der Waals surface area contributed by atoms with Gasteiger partial charge in [-0.15, -0.1) is 0 Å². The van der Waals surface area contributed by atoms with Crippen LogP contribution in [0.3, 0.4) is 0 Å². The topological polar surface area (TPSA) is 12.9 Å². The zero-order valence-electron chi connectivity index (χ0n) is 8.67. The van der Waals surface area contributed by atoms with Crippen molar-refractivity contribution < 1.29 is 0 Å². The number of hydrogen-bond acceptors (Lipinski definition) is 1. The molecular weight excluding hydrogens is 158 g/mol. The summed E-state index contributed by atoms with van der Waals surface area (Å²) in [6.07, 6.45) is 8.33. The maximum Gasteiger partial charge on any atom is 0.0343 e. The van der Waals surface area contributed by atoms with Crippen molar-refractivity contribution in [3.63, 3.8) is 0 Å². The Labute approximate surface area is 80.5 Å². The summed E-state index contributed by atoms with van der Waals surface area (Å²) in [7, 11) is 0. The molecule has 0 saturated heterocycles. The first-order valence-corrected chi connectivity index (χ1v) is 4.82. The minimum absolute atomic E-state index is 1.14. The molecule has 1 aromatic rings. The Morgan fingerprint density at radius 3 is 2.85 bits per heavy atom. The van der Waals surface area contributed by atoms with Gasteiger partial charge >= 0.3 is 0 Å². The lowest BCUT2D eigenvalue weighted by Crippen LogP contribution is -1.89. The Hall–Kier alpha value is -1.11. The second-order valence-electron chi connectivity index (χ2n) is 3.55. The first-order chi connectivity index (χ1) is 6.24. The van der Waals surface area contributed by atoms with Gasteiger partial charge in [0, 0.05) is 12.4 Å². The quantitative estimate of drug-likeness (QED) is 0.685. The molecule has 0 N–H and O–H groups in total. The van der Waals surface area contributed by atoms with Crippen molar-refractivity contribution in [3.8, 4) is 0 Å². The van der Waals surface area contributed by atoms with Crippen LogP contribution in [0.15, 0.2) is 24.0 Å². The number of nitrogens with zero attached hydrogens (tertiary/aromatic N) is 1. The maximum absolute atomic E-state index is 4.14. The molecule has 0 radical (unpaired) electrons. The molecule has 0 aliphatic rings. The lowest BCUT2D eigenvalue weighted by atomic mass is 10.0. The SMILES string of the molecule is CCCc1ccncc1C=C(C)C. The monoisotopic (exact) mass is 175 g/mol. The highest BCUT2D eigenvalue weighted by Gasteiger charge is 1.97. The normalized spacial score (nSPS) is 9.77. The van der Waals surface area contributed by atoms with Crippen LogP contribution in [-0.4, -0.2) is 4.98 Å². The Morgan fingerprint density at radius 2 is 2.23 bits per heavy atom. The third-order valence-electron chi connectivity index (χ3n) is 1.91. The summed E-state index contributed by atoms with van der Waals surface area (Å²) >= 11 is 0. The maximum atomic E-state index is 4.14. The Morgan fingerprint density at radius 1 is 1.46 bits per heavy atom. The zero-order chi connectivity index (χ0) is 9.68. The molecule has 1 heterocycles. The number of aryl methyl sites for hydroxylation is 1. The van der Waals surface area contributed by atoms with Crippen LogP contribution in [0.4, 0.5) is 0 Å². The zero-order valence-corrected chi connectivity index (χ0v) is 8.67. The lowest BCUT2D eigenvalue weighted by molar-refractivity contribution is 0.915. The molecule has 0 bridgehead atoms. The van der Waals surface area contributed by atoms with Gasteiger partial charge in [-0.1, -0.05) is 25.0 Å². The molecule has 1 nitrogen and oxygen atoms in total. The van der Waals surface area contributed by atoms with E-state index in [9.17, 15) is 0 Å². The molecule has 0 aliphatic carbocycles. The molecule has 1 rings (SSSR count). The lowest BCUT2D eigenvalue weighted by Gasteiger charge is -2.03. The van der Waals surface area contributed by atoms with E-state index in [1.165, 1.54) is 23.1 Å². The second kappa shape index (κ2) is 4.80. The third-order valence-corrected chi connectivity index (χ3v) is 1.91. The standard InChI is InChI=1S/C12H17N/c1-4-5-11-6-7-13-9-12(11)8-10(2)3/h6-9H,4-5H2,1-3H3. The molecule has 0 atom stereocenters. The van der Waals surface area contributed by atoms with Crippen LogP contribution in [-0.2, 0) is 6.42 Å². The molecule has 0 aliphatic heterocycles. The average molecular weight is 175 g/mol. The smallest absolute Gasteiger partial charge is 0.0343 e. The first kappa shape index (κ1) is 9.97. The molecule has 0 aromatic carbocycles. The predicted octanol–water partition coefficient (Wildman–Crippen LogP) is 3.46. The molecule has 13 heavy (non-hydrogen) atoms. The van der Waals surface area contributed by atoms with Crippen LogP contribution in [0.25, 0.3) is 6.08 Å². The van der Waals surface area contributed by atoms with Crippen molar-refractivity contribution in [2.24, 2.45) is 0 Å². The summed E-state index contributed by atoms with van der Waals surface area (Å²) in [6.45, 7) is 6.43. The number of pyridine rings is 1. The summed E-state index contributed by atoms with van der Waals surface area (Å²) in [4.78, 5) is 4.14. The molecule has 1 aromatic heterocycles. The van der Waals surface area contributed by atoms with E-state index >= 15 is 0 Å². The van der Waals surface area contributed by atoms with E-state index < -0.39 is 0 Å². The minimum Gasteiger partial charge on any atom is -0.264 e. The largest absolute Gasteiger partial charge is 0.264 e. The van der Waals surface area contributed by atoms with Gasteiger partial charge < -0.3 is 0 Å². The molecular formula is C12H17N. The van der Waals surface area contributed by atoms with Gasteiger partial charge in [0.1, 0.15) is 0 Å². The molecule has 0 spiro atoms. The van der Waals surface area contributed by atoms with E-state index in [1.54, 1.807) is 0 Å². The van der Waals surface area contributed by atoms with Gasteiger partial charge in [0.2, 0.25) is 0 Å². The fraction of sp³-hybridized carbons (Fsp3) is 0.417. The van der Waals surface area contributed by atoms with E-state index in [1.807, 2.05) is 12.4 Å². The van der Waals surface area contributed by atoms with Gasteiger partial charge in [-0.25, -0.2) is 0 Å². The van der Waals surface area contributed by atoms with E-state index in [0.29, 0.717) is 0 Å². The highest BCUT2D eigenvalue weighted by molar-refractivity contribution is 5.54. The summed E-state index contributed by atoms with van der Waals surface area (Å²) < 4.78 is 0. The van der Waals surface area contributed by atoms with Gasteiger partial charge in [0.25, 0.3) is 0 Å². The summed E-state index contributed by atoms with van der Waals surface area (Å²) in [5, 5.41) is 0. The molecule has 0 saturated carbocycles. The Kier molecular flexibility index (Phi) is 3.69. The summed E-state index contributed by atoms with van der Waals surface area (Å²) in [5.41, 5.74) is 3.99. The fourth-order valence-electron chi connectivity index (χ4n) is 1.37. The average Bonchev–Trinajstić information content (AvgIpc) is 2.08. The highest BCUT2D eigenvalue weighted by Crippen LogP contribution is 2.13. The van der Waals surface area contributed by atoms with Gasteiger partial charge in [-0.3, -0.25) is 4.98 Å². The van der Waals surface area contributed by atoms with Crippen molar-refractivity contribution >= 4 is 6.08 Å². The fourth-order valence-corrected chi connectivity index (χ4v) is 1.37. The molecule has 0 unspecified atom stereocenters. The second-order valence-corrected chi connectivity index (χ2v) is 3.55. The highest BCUT2D eigenvalue weighted by atomic mass is 14.6. The minimum atomic E-state index is 1.14. The molecule has 0 fully saturated rings. The van der Waals surface area contributed by atoms with E-state index in [4.69, 9.17) is 0 Å². The van der Waals surface area contributed by atoms with Crippen LogP contribution in [0.1, 0.15) is 38.3 Å². The van der Waals surface area contributed by atoms with E-state index in [-0.39, 0.29) is 0 Å². The van der Waals surface area contributed by atoms with Crippen molar-refractivity contribution in [1.29, 1.82) is 0 Å². The van der Waals surface area contributed by atoms with Crippen molar-refractivity contribution in [2.45, 2.75) is 33.6 Å². The predicted molar refractivity (Wildman–Crippen MR) is 57.6 cm³/mol. The van der Waals surface area contributed by atoms with E-state index in [2.05, 4.69) is 37.9 Å². The van der Waals surface area contributed by atoms with Crippen LogP contribution >= 0.6 is 0 Å². The van der Waals surface area contributed by atoms with Crippen molar-refractivity contribution in [2.75, 3.05) is 0 Å². The number of rotatable bonds is 3. The van der Waals surface area contributed by atoms with Crippen LogP contribution < -0.4 is 0 Å². The molecule has 1 heteroatoms. The Balaban J connectivity index is 2.97. The summed E-state index contributed by atoms with van der Waals surface area (Å²) in [5.74, 6) is 0. The van der Waals surface area contributed by atoms with Gasteiger partial charge in [-0.2, -0.15) is 0 Å². The van der Waals surface area contributed by atoms with Gasteiger partial charge in [0.05, 0.1) is 0 Å². The van der Waals surface area contributed by atoms with Gasteiger partial charge in [-0.05, 0) is 37.5 Å². The number of hydrogen-bond donors (Lipinski definition) is 0. The van der Waals surface area contributed by atoms with Crippen molar-refractivity contribution in [3.05, 3.63) is 35.2 Å². The Bertz CT molecular complexity index is 296.